The maximum absolute atomic E-state index is 13.2. The molecule has 0 bridgehead atoms. The van der Waals surface area contributed by atoms with Gasteiger partial charge in [0.15, 0.2) is 0 Å². The number of aliphatic hydroxyl groups is 1. The third kappa shape index (κ3) is 6.97. The lowest BCUT2D eigenvalue weighted by Crippen LogP contribution is -2.23. The molecule has 40 heavy (non-hydrogen) atoms. The second-order valence-electron chi connectivity index (χ2n) is 9.12. The van der Waals surface area contributed by atoms with E-state index in [1.807, 2.05) is 18.2 Å². The van der Waals surface area contributed by atoms with Crippen molar-refractivity contribution in [3.63, 3.8) is 0 Å². The third-order valence-electron chi connectivity index (χ3n) is 6.25. The zero-order valence-corrected chi connectivity index (χ0v) is 23.0. The van der Waals surface area contributed by atoms with E-state index >= 15 is 0 Å². The van der Waals surface area contributed by atoms with E-state index in [-0.39, 0.29) is 10.7 Å². The zero-order valence-electron chi connectivity index (χ0n) is 21.4. The fourth-order valence-corrected chi connectivity index (χ4v) is 6.03. The summed E-state index contributed by atoms with van der Waals surface area (Å²) >= 11 is 1.45. The highest BCUT2D eigenvalue weighted by molar-refractivity contribution is 7.92. The molecule has 5 rings (SSSR count). The van der Waals surface area contributed by atoms with Crippen LogP contribution in [0.2, 0.25) is 0 Å². The SMILES string of the molecule is O=S(=O)(Nc1ccc(CCNC[C@H](O)c2cccnc2)cc1)c1ccc(-c2ncc(-c3ccc(F)cc3)s2)cc1. The first-order valence-corrected chi connectivity index (χ1v) is 14.9. The summed E-state index contributed by atoms with van der Waals surface area (Å²) in [5.41, 5.74) is 3.94. The van der Waals surface area contributed by atoms with Crippen molar-refractivity contribution in [2.45, 2.75) is 17.4 Å². The molecular weight excluding hydrogens is 547 g/mol. The van der Waals surface area contributed by atoms with E-state index in [0.29, 0.717) is 18.8 Å². The number of pyridine rings is 1. The van der Waals surface area contributed by atoms with Gasteiger partial charge >= 0.3 is 0 Å². The molecule has 0 aliphatic heterocycles. The molecule has 0 saturated heterocycles. The highest BCUT2D eigenvalue weighted by Gasteiger charge is 2.15. The van der Waals surface area contributed by atoms with Gasteiger partial charge < -0.3 is 10.4 Å². The Bertz CT molecular complexity index is 1640. The largest absolute Gasteiger partial charge is 0.387 e. The zero-order chi connectivity index (χ0) is 28.0. The highest BCUT2D eigenvalue weighted by atomic mass is 32.2. The molecule has 5 aromatic rings. The van der Waals surface area contributed by atoms with Gasteiger partial charge in [-0.2, -0.15) is 0 Å². The van der Waals surface area contributed by atoms with Crippen LogP contribution in [0.5, 0.6) is 0 Å². The topological polar surface area (TPSA) is 104 Å². The summed E-state index contributed by atoms with van der Waals surface area (Å²) in [5, 5.41) is 14.2. The van der Waals surface area contributed by atoms with Crippen molar-refractivity contribution in [2.75, 3.05) is 17.8 Å². The molecule has 10 heteroatoms. The minimum atomic E-state index is -3.77. The number of aromatic nitrogens is 2. The van der Waals surface area contributed by atoms with Crippen molar-refractivity contribution >= 4 is 27.0 Å². The van der Waals surface area contributed by atoms with Crippen LogP contribution in [0.1, 0.15) is 17.2 Å². The van der Waals surface area contributed by atoms with Gasteiger partial charge in [0.05, 0.1) is 15.9 Å². The van der Waals surface area contributed by atoms with Gasteiger partial charge in [0, 0.05) is 41.9 Å². The van der Waals surface area contributed by atoms with Crippen molar-refractivity contribution < 1.29 is 17.9 Å². The number of thiazole rings is 1. The monoisotopic (exact) mass is 574 g/mol. The summed E-state index contributed by atoms with van der Waals surface area (Å²) in [6, 6.07) is 23.6. The lowest BCUT2D eigenvalue weighted by atomic mass is 10.1. The molecular formula is C30H27FN4O3S2. The average Bonchev–Trinajstić information content (AvgIpc) is 3.47. The second kappa shape index (κ2) is 12.5. The number of hydrogen-bond acceptors (Lipinski definition) is 7. The first-order chi connectivity index (χ1) is 19.4. The van der Waals surface area contributed by atoms with E-state index < -0.39 is 16.1 Å². The number of nitrogens with zero attached hydrogens (tertiary/aromatic N) is 2. The van der Waals surface area contributed by atoms with E-state index in [0.717, 1.165) is 38.6 Å². The summed E-state index contributed by atoms with van der Waals surface area (Å²) < 4.78 is 41.7. The van der Waals surface area contributed by atoms with Crippen LogP contribution in [0.25, 0.3) is 21.0 Å². The standard InChI is InChI=1S/C30H27FN4O3S2/c31-25-9-5-22(6-10-25)29-20-34-30(39-29)23-7-13-27(14-8-23)40(37,38)35-26-11-3-21(4-12-26)15-17-33-19-28(36)24-2-1-16-32-18-24/h1-14,16,18,20,28,33,35-36H,15,17,19H2/t28-/m0/s1. The number of rotatable bonds is 11. The summed E-state index contributed by atoms with van der Waals surface area (Å²) in [5.74, 6) is -0.294. The molecule has 0 aliphatic rings. The van der Waals surface area contributed by atoms with E-state index in [4.69, 9.17) is 0 Å². The van der Waals surface area contributed by atoms with E-state index in [2.05, 4.69) is 20.0 Å². The van der Waals surface area contributed by atoms with Gasteiger partial charge in [0.1, 0.15) is 10.8 Å². The van der Waals surface area contributed by atoms with Crippen LogP contribution < -0.4 is 10.0 Å². The van der Waals surface area contributed by atoms with Crippen LogP contribution in [0, 0.1) is 5.82 Å². The molecule has 0 radical (unpaired) electrons. The Kier molecular flexibility index (Phi) is 8.61. The van der Waals surface area contributed by atoms with Gasteiger partial charge in [-0.15, -0.1) is 11.3 Å². The number of sulfonamides is 1. The Hall–Kier alpha value is -3.96. The molecule has 0 saturated carbocycles. The van der Waals surface area contributed by atoms with Crippen LogP contribution in [-0.2, 0) is 16.4 Å². The molecule has 3 N–H and O–H groups in total. The summed E-state index contributed by atoms with van der Waals surface area (Å²) in [6.07, 6.45) is 5.15. The average molecular weight is 575 g/mol. The number of aliphatic hydroxyl groups excluding tert-OH is 1. The van der Waals surface area contributed by atoms with Crippen molar-refractivity contribution in [3.05, 3.63) is 120 Å². The second-order valence-corrected chi connectivity index (χ2v) is 11.8. The highest BCUT2D eigenvalue weighted by Crippen LogP contribution is 2.32. The van der Waals surface area contributed by atoms with Crippen molar-refractivity contribution in [1.29, 1.82) is 0 Å². The van der Waals surface area contributed by atoms with E-state index in [1.165, 1.54) is 23.5 Å². The van der Waals surface area contributed by atoms with Crippen molar-refractivity contribution in [1.82, 2.24) is 15.3 Å². The Balaban J connectivity index is 1.14. The fourth-order valence-electron chi connectivity index (χ4n) is 4.05. The first kappa shape index (κ1) is 27.6. The molecule has 0 unspecified atom stereocenters. The van der Waals surface area contributed by atoms with Gasteiger partial charge in [0.2, 0.25) is 0 Å². The molecule has 2 aromatic heterocycles. The third-order valence-corrected chi connectivity index (χ3v) is 8.74. The van der Waals surface area contributed by atoms with Crippen LogP contribution >= 0.6 is 11.3 Å². The van der Waals surface area contributed by atoms with Crippen LogP contribution in [-0.4, -0.2) is 36.6 Å². The summed E-state index contributed by atoms with van der Waals surface area (Å²) in [7, 11) is -3.77. The molecule has 0 amide bonds. The summed E-state index contributed by atoms with van der Waals surface area (Å²) in [4.78, 5) is 9.50. The molecule has 0 aliphatic carbocycles. The molecule has 7 nitrogen and oxygen atoms in total. The lowest BCUT2D eigenvalue weighted by Gasteiger charge is -2.12. The minimum absolute atomic E-state index is 0.145. The quantitative estimate of drug-likeness (QED) is 0.176. The fraction of sp³-hybridized carbons (Fsp3) is 0.133. The predicted molar refractivity (Wildman–Crippen MR) is 156 cm³/mol. The van der Waals surface area contributed by atoms with E-state index in [9.17, 15) is 17.9 Å². The number of halogens is 1. The van der Waals surface area contributed by atoms with Gasteiger partial charge in [-0.05, 0) is 66.6 Å². The van der Waals surface area contributed by atoms with E-state index in [1.54, 1.807) is 73.2 Å². The van der Waals surface area contributed by atoms with Gasteiger partial charge in [0.25, 0.3) is 10.0 Å². The molecule has 3 aromatic carbocycles. The normalized spacial score (nSPS) is 12.2. The maximum atomic E-state index is 13.2. The van der Waals surface area contributed by atoms with Crippen LogP contribution in [0.3, 0.4) is 0 Å². The Morgan fingerprint density at radius 1 is 0.900 bits per heavy atom. The Morgan fingerprint density at radius 3 is 2.33 bits per heavy atom. The summed E-state index contributed by atoms with van der Waals surface area (Å²) in [6.45, 7) is 1.08. The molecule has 1 atom stereocenters. The van der Waals surface area contributed by atoms with Crippen LogP contribution in [0.15, 0.2) is 108 Å². The lowest BCUT2D eigenvalue weighted by molar-refractivity contribution is 0.174. The van der Waals surface area contributed by atoms with Gasteiger partial charge in [-0.3, -0.25) is 9.71 Å². The Morgan fingerprint density at radius 2 is 1.62 bits per heavy atom. The number of nitrogens with one attached hydrogen (secondary N) is 2. The molecule has 0 fully saturated rings. The number of anilines is 1. The number of hydrogen-bond donors (Lipinski definition) is 3. The molecule has 0 spiro atoms. The molecule has 204 valence electrons. The Labute approximate surface area is 236 Å². The van der Waals surface area contributed by atoms with Crippen molar-refractivity contribution in [3.8, 4) is 21.0 Å². The first-order valence-electron chi connectivity index (χ1n) is 12.6. The predicted octanol–water partition coefficient (Wildman–Crippen LogP) is 5.68. The van der Waals surface area contributed by atoms with Crippen LogP contribution in [0.4, 0.5) is 10.1 Å². The molecule has 2 heterocycles. The maximum Gasteiger partial charge on any atom is 0.261 e. The van der Waals surface area contributed by atoms with Gasteiger partial charge in [-0.25, -0.2) is 17.8 Å². The van der Waals surface area contributed by atoms with Gasteiger partial charge in [-0.1, -0.05) is 42.5 Å². The minimum Gasteiger partial charge on any atom is -0.387 e. The smallest absolute Gasteiger partial charge is 0.261 e. The number of benzene rings is 3. The van der Waals surface area contributed by atoms with Crippen molar-refractivity contribution in [2.24, 2.45) is 0 Å².